The van der Waals surface area contributed by atoms with E-state index in [4.69, 9.17) is 0 Å². The molecule has 0 radical (unpaired) electrons. The molecule has 0 bridgehead atoms. The van der Waals surface area contributed by atoms with E-state index in [2.05, 4.69) is 0 Å². The molecule has 2 atom stereocenters. The molecule has 2 aromatic carbocycles. The lowest BCUT2D eigenvalue weighted by Gasteiger charge is -2.43. The average Bonchev–Trinajstić information content (AvgIpc) is 2.62. The van der Waals surface area contributed by atoms with Crippen LogP contribution >= 0.6 is 0 Å². The van der Waals surface area contributed by atoms with Gasteiger partial charge in [0.1, 0.15) is 11.2 Å². The van der Waals surface area contributed by atoms with Crippen LogP contribution in [-0.4, -0.2) is 36.9 Å². The predicted octanol–water partition coefficient (Wildman–Crippen LogP) is 3.19. The summed E-state index contributed by atoms with van der Waals surface area (Å²) in [5.74, 6) is -2.31. The summed E-state index contributed by atoms with van der Waals surface area (Å²) in [5, 5.41) is 9.94. The molecule has 2 unspecified atom stereocenters. The van der Waals surface area contributed by atoms with Gasteiger partial charge in [-0.3, -0.25) is 4.79 Å². The zero-order chi connectivity index (χ0) is 19.8. The third-order valence-corrected chi connectivity index (χ3v) is 7.35. The number of hydrogen-bond donors (Lipinski definition) is 1. The molecule has 1 aliphatic rings. The highest BCUT2D eigenvalue weighted by Gasteiger charge is 2.51. The largest absolute Gasteiger partial charge is 0.481 e. The van der Waals surface area contributed by atoms with Crippen molar-refractivity contribution in [3.8, 4) is 0 Å². The molecule has 1 heterocycles. The number of aryl methyl sites for hydroxylation is 1. The quantitative estimate of drug-likeness (QED) is 0.869. The molecule has 1 aliphatic heterocycles. The van der Waals surface area contributed by atoms with E-state index in [1.54, 1.807) is 37.3 Å². The van der Waals surface area contributed by atoms with Crippen molar-refractivity contribution >= 4 is 16.0 Å². The van der Waals surface area contributed by atoms with Crippen LogP contribution in [0.2, 0.25) is 0 Å². The molecule has 0 saturated carbocycles. The van der Waals surface area contributed by atoms with Crippen LogP contribution in [0.3, 0.4) is 0 Å². The van der Waals surface area contributed by atoms with Gasteiger partial charge in [0.25, 0.3) is 0 Å². The maximum atomic E-state index is 14.4. The third kappa shape index (κ3) is 3.26. The van der Waals surface area contributed by atoms with Gasteiger partial charge in [0, 0.05) is 18.7 Å². The predicted molar refractivity (Wildman–Crippen MR) is 99.4 cm³/mol. The van der Waals surface area contributed by atoms with Crippen LogP contribution < -0.4 is 0 Å². The highest BCUT2D eigenvalue weighted by molar-refractivity contribution is 7.89. The standard InChI is InChI=1S/C20H22FNO4S/c1-14-7-9-16(10-8-14)27(25,26)22-12-11-20(19(23)24,15(2)13-22)17-5-3-4-6-18(17)21/h3-10,15H,11-13H2,1-2H3,(H,23,24). The molecule has 0 aromatic heterocycles. The summed E-state index contributed by atoms with van der Waals surface area (Å²) in [7, 11) is -3.73. The van der Waals surface area contributed by atoms with Crippen molar-refractivity contribution in [2.45, 2.75) is 30.6 Å². The molecular formula is C20H22FNO4S. The first-order valence-electron chi connectivity index (χ1n) is 8.75. The molecule has 0 aliphatic carbocycles. The molecule has 0 spiro atoms. The van der Waals surface area contributed by atoms with Gasteiger partial charge in [0.2, 0.25) is 10.0 Å². The first-order chi connectivity index (χ1) is 12.7. The van der Waals surface area contributed by atoms with Gasteiger partial charge in [-0.15, -0.1) is 0 Å². The highest BCUT2D eigenvalue weighted by atomic mass is 32.2. The Hall–Kier alpha value is -2.25. The average molecular weight is 391 g/mol. The summed E-state index contributed by atoms with van der Waals surface area (Å²) in [6, 6.07) is 12.4. The van der Waals surface area contributed by atoms with Crippen molar-refractivity contribution in [1.82, 2.24) is 4.31 Å². The summed E-state index contributed by atoms with van der Waals surface area (Å²) in [6.07, 6.45) is 0.00945. The van der Waals surface area contributed by atoms with Crippen molar-refractivity contribution in [3.63, 3.8) is 0 Å². The second kappa shape index (κ2) is 7.05. The minimum absolute atomic E-state index is 0.00945. The van der Waals surface area contributed by atoms with E-state index in [9.17, 15) is 22.7 Å². The highest BCUT2D eigenvalue weighted by Crippen LogP contribution is 2.42. The van der Waals surface area contributed by atoms with E-state index in [0.29, 0.717) is 0 Å². The number of carbonyl (C=O) groups is 1. The van der Waals surface area contributed by atoms with Crippen molar-refractivity contribution in [1.29, 1.82) is 0 Å². The van der Waals surface area contributed by atoms with Gasteiger partial charge < -0.3 is 5.11 Å². The molecule has 0 amide bonds. The van der Waals surface area contributed by atoms with Gasteiger partial charge in [-0.1, -0.05) is 42.8 Å². The molecule has 7 heteroatoms. The van der Waals surface area contributed by atoms with Gasteiger partial charge in [-0.05, 0) is 37.5 Å². The molecular weight excluding hydrogens is 369 g/mol. The zero-order valence-electron chi connectivity index (χ0n) is 15.2. The Kier molecular flexibility index (Phi) is 5.10. The third-order valence-electron chi connectivity index (χ3n) is 5.47. The van der Waals surface area contributed by atoms with Gasteiger partial charge in [0.05, 0.1) is 4.90 Å². The molecule has 2 aromatic rings. The molecule has 5 nitrogen and oxygen atoms in total. The number of nitrogens with zero attached hydrogens (tertiary/aromatic N) is 1. The lowest BCUT2D eigenvalue weighted by molar-refractivity contribution is -0.148. The Bertz CT molecular complexity index is 958. The lowest BCUT2D eigenvalue weighted by Crippen LogP contribution is -2.54. The number of halogens is 1. The summed E-state index contributed by atoms with van der Waals surface area (Å²) >= 11 is 0. The normalized spacial score (nSPS) is 23.9. The van der Waals surface area contributed by atoms with Crippen molar-refractivity contribution in [2.24, 2.45) is 5.92 Å². The van der Waals surface area contributed by atoms with Crippen LogP contribution in [0.25, 0.3) is 0 Å². The van der Waals surface area contributed by atoms with E-state index in [1.807, 2.05) is 6.92 Å². The van der Waals surface area contributed by atoms with Crippen LogP contribution in [0.15, 0.2) is 53.4 Å². The summed E-state index contributed by atoms with van der Waals surface area (Å²) in [4.78, 5) is 12.3. The van der Waals surface area contributed by atoms with Gasteiger partial charge >= 0.3 is 5.97 Å². The molecule has 27 heavy (non-hydrogen) atoms. The minimum atomic E-state index is -3.73. The van der Waals surface area contributed by atoms with Crippen molar-refractivity contribution < 1.29 is 22.7 Å². The number of piperidine rings is 1. The Morgan fingerprint density at radius 3 is 2.37 bits per heavy atom. The monoisotopic (exact) mass is 391 g/mol. The lowest BCUT2D eigenvalue weighted by atomic mass is 9.66. The van der Waals surface area contributed by atoms with Crippen LogP contribution in [0, 0.1) is 18.7 Å². The molecule has 3 rings (SSSR count). The Morgan fingerprint density at radius 2 is 1.81 bits per heavy atom. The first-order valence-corrected chi connectivity index (χ1v) is 10.2. The number of rotatable bonds is 4. The van der Waals surface area contributed by atoms with E-state index in [1.165, 1.54) is 22.5 Å². The van der Waals surface area contributed by atoms with E-state index >= 15 is 0 Å². The van der Waals surface area contributed by atoms with Crippen LogP contribution in [0.1, 0.15) is 24.5 Å². The van der Waals surface area contributed by atoms with Gasteiger partial charge in [-0.2, -0.15) is 4.31 Å². The maximum Gasteiger partial charge on any atom is 0.314 e. The SMILES string of the molecule is Cc1ccc(S(=O)(=O)N2CCC(C(=O)O)(c3ccccc3F)C(C)C2)cc1. The van der Waals surface area contributed by atoms with Crippen molar-refractivity contribution in [3.05, 3.63) is 65.5 Å². The van der Waals surface area contributed by atoms with E-state index in [-0.39, 0.29) is 30.0 Å². The topological polar surface area (TPSA) is 74.7 Å². The number of carboxylic acid groups (broad SMARTS) is 1. The zero-order valence-corrected chi connectivity index (χ0v) is 16.0. The second-order valence-electron chi connectivity index (χ2n) is 7.08. The minimum Gasteiger partial charge on any atom is -0.481 e. The van der Waals surface area contributed by atoms with Crippen LogP contribution in [-0.2, 0) is 20.2 Å². The Labute approximate surface area is 158 Å². The smallest absolute Gasteiger partial charge is 0.314 e. The molecule has 1 N–H and O–H groups in total. The van der Waals surface area contributed by atoms with Crippen molar-refractivity contribution in [2.75, 3.05) is 13.1 Å². The summed E-state index contributed by atoms with van der Waals surface area (Å²) in [5.41, 5.74) is -0.396. The van der Waals surface area contributed by atoms with E-state index in [0.717, 1.165) is 5.56 Å². The fourth-order valence-electron chi connectivity index (χ4n) is 3.83. The summed E-state index contributed by atoms with van der Waals surface area (Å²) < 4.78 is 41.6. The van der Waals surface area contributed by atoms with E-state index < -0.39 is 33.1 Å². The fraction of sp³-hybridized carbons (Fsp3) is 0.350. The van der Waals surface area contributed by atoms with Gasteiger partial charge in [-0.25, -0.2) is 12.8 Å². The van der Waals surface area contributed by atoms with Crippen LogP contribution in [0.4, 0.5) is 4.39 Å². The number of hydrogen-bond acceptors (Lipinski definition) is 3. The molecule has 144 valence electrons. The second-order valence-corrected chi connectivity index (χ2v) is 9.02. The molecule has 1 fully saturated rings. The maximum absolute atomic E-state index is 14.4. The summed E-state index contributed by atoms with van der Waals surface area (Å²) in [6.45, 7) is 3.56. The Balaban J connectivity index is 1.95. The van der Waals surface area contributed by atoms with Crippen LogP contribution in [0.5, 0.6) is 0 Å². The van der Waals surface area contributed by atoms with Gasteiger partial charge in [0.15, 0.2) is 0 Å². The fourth-order valence-corrected chi connectivity index (χ4v) is 5.36. The first kappa shape index (κ1) is 19.5. The Morgan fingerprint density at radius 1 is 1.19 bits per heavy atom. The number of benzene rings is 2. The number of carboxylic acids is 1. The molecule has 1 saturated heterocycles. The number of sulfonamides is 1. The number of aliphatic carboxylic acids is 1.